The molecule has 62 heavy (non-hydrogen) atoms. The maximum absolute atomic E-state index is 17.0. The van der Waals surface area contributed by atoms with E-state index in [4.69, 9.17) is 26.1 Å². The van der Waals surface area contributed by atoms with Crippen LogP contribution in [0.25, 0.3) is 32.9 Å². The summed E-state index contributed by atoms with van der Waals surface area (Å²) in [6.45, 7) is 7.71. The van der Waals surface area contributed by atoms with Crippen molar-refractivity contribution in [3.8, 4) is 29.6 Å². The molecule has 11 rings (SSSR count). The van der Waals surface area contributed by atoms with Gasteiger partial charge in [-0.1, -0.05) is 48.4 Å². The predicted octanol–water partition coefficient (Wildman–Crippen LogP) is 4.64. The Morgan fingerprint density at radius 3 is 2.45 bits per heavy atom. The lowest BCUT2D eigenvalue weighted by molar-refractivity contribution is -0.136. The summed E-state index contributed by atoms with van der Waals surface area (Å²) < 4.78 is 23.5. The second kappa shape index (κ2) is 15.4. The Labute approximate surface area is 359 Å². The molecule has 7 heterocycles. The molecule has 5 aromatic rings. The molecule has 3 amide bonds. The fourth-order valence-electron chi connectivity index (χ4n) is 10.5. The van der Waals surface area contributed by atoms with Gasteiger partial charge in [-0.25, -0.2) is 4.39 Å². The topological polar surface area (TPSA) is 136 Å². The van der Waals surface area contributed by atoms with Crippen LogP contribution in [0.2, 0.25) is 0 Å². The van der Waals surface area contributed by atoms with Crippen LogP contribution in [0.3, 0.4) is 0 Å². The Balaban J connectivity index is 0.775. The molecule has 2 aromatic heterocycles. The molecule has 14 heteroatoms. The van der Waals surface area contributed by atoms with Crippen molar-refractivity contribution in [2.24, 2.45) is 5.41 Å². The minimum absolute atomic E-state index is 0.0216. The minimum atomic E-state index is -0.617. The number of hydrogen-bond acceptors (Lipinski definition) is 11. The molecular weight excluding hydrogens is 786 g/mol. The van der Waals surface area contributed by atoms with Gasteiger partial charge in [0.15, 0.2) is 5.82 Å². The molecule has 1 saturated carbocycles. The lowest BCUT2D eigenvalue weighted by Crippen LogP contribution is -2.52. The molecular formula is C48H48FN9O4. The van der Waals surface area contributed by atoms with Crippen molar-refractivity contribution in [2.45, 2.75) is 69.7 Å². The fourth-order valence-corrected chi connectivity index (χ4v) is 10.5. The van der Waals surface area contributed by atoms with E-state index in [0.29, 0.717) is 59.6 Å². The van der Waals surface area contributed by atoms with E-state index in [0.717, 1.165) is 99.9 Å². The molecule has 2 N–H and O–H groups in total. The molecule has 0 radical (unpaired) electrons. The van der Waals surface area contributed by atoms with Crippen molar-refractivity contribution < 1.29 is 23.5 Å². The number of rotatable bonds is 10. The number of nitrogens with zero attached hydrogens (tertiary/aromatic N) is 7. The van der Waals surface area contributed by atoms with Crippen LogP contribution >= 0.6 is 0 Å². The predicted molar refractivity (Wildman–Crippen MR) is 232 cm³/mol. The monoisotopic (exact) mass is 833 g/mol. The van der Waals surface area contributed by atoms with E-state index in [1.165, 1.54) is 0 Å². The van der Waals surface area contributed by atoms with Gasteiger partial charge < -0.3 is 24.8 Å². The largest absolute Gasteiger partial charge is 0.463 e. The highest BCUT2D eigenvalue weighted by Crippen LogP contribution is 2.47. The summed E-state index contributed by atoms with van der Waals surface area (Å²) in [6, 6.07) is 17.7. The molecule has 2 bridgehead atoms. The number of benzene rings is 3. The molecule has 3 unspecified atom stereocenters. The highest BCUT2D eigenvalue weighted by molar-refractivity contribution is 6.05. The van der Waals surface area contributed by atoms with Gasteiger partial charge in [0.05, 0.1) is 12.0 Å². The second-order valence-electron chi connectivity index (χ2n) is 18.1. The number of piperidine rings is 1. The quantitative estimate of drug-likeness (QED) is 0.151. The first-order valence-corrected chi connectivity index (χ1v) is 21.9. The molecule has 5 aliphatic heterocycles. The third-order valence-corrected chi connectivity index (χ3v) is 14.0. The summed E-state index contributed by atoms with van der Waals surface area (Å²) in [6.07, 6.45) is 12.5. The standard InChI is InChI=1S/C48H48FN9O4/c1-2-30-5-3-6-31-7-4-8-36(40(30)31)42-41(49)43-37(22-50-42)44(57-25-33-10-11-34(26-57)51-33)54-47(53-43)62-28-48(15-16-48)27-56-19-17-55(18-20-56)23-29-9-12-35-32(21-29)24-58(46(35)61)38-13-14-39(59)52-45(38)60/h1,3-9,12,21-22,33-34,38,51H,10-11,13-20,23-28H2,(H,52,59,60). The van der Waals surface area contributed by atoms with Crippen LogP contribution < -0.4 is 20.3 Å². The van der Waals surface area contributed by atoms with E-state index in [-0.39, 0.29) is 40.9 Å². The third kappa shape index (κ3) is 7.11. The summed E-state index contributed by atoms with van der Waals surface area (Å²) in [5, 5.41) is 8.33. The van der Waals surface area contributed by atoms with Crippen LogP contribution in [0, 0.1) is 23.6 Å². The highest BCUT2D eigenvalue weighted by Gasteiger charge is 2.46. The number of imide groups is 1. The first-order chi connectivity index (χ1) is 30.2. The van der Waals surface area contributed by atoms with Crippen molar-refractivity contribution >= 4 is 45.2 Å². The summed E-state index contributed by atoms with van der Waals surface area (Å²) in [7, 11) is 0. The van der Waals surface area contributed by atoms with Crippen LogP contribution in [0.15, 0.2) is 60.8 Å². The number of halogens is 1. The summed E-state index contributed by atoms with van der Waals surface area (Å²) >= 11 is 0. The van der Waals surface area contributed by atoms with Crippen molar-refractivity contribution in [2.75, 3.05) is 57.3 Å². The van der Waals surface area contributed by atoms with Gasteiger partial charge >= 0.3 is 6.01 Å². The maximum Gasteiger partial charge on any atom is 0.319 e. The highest BCUT2D eigenvalue weighted by atomic mass is 19.1. The number of amides is 3. The van der Waals surface area contributed by atoms with Crippen LogP contribution in [-0.4, -0.2) is 118 Å². The molecule has 4 saturated heterocycles. The summed E-state index contributed by atoms with van der Waals surface area (Å²) in [5.41, 5.74) is 4.37. The van der Waals surface area contributed by atoms with E-state index in [1.54, 1.807) is 11.1 Å². The van der Waals surface area contributed by atoms with Crippen LogP contribution in [0.5, 0.6) is 6.01 Å². The third-order valence-electron chi connectivity index (χ3n) is 14.0. The number of ether oxygens (including phenoxy) is 1. The van der Waals surface area contributed by atoms with Gasteiger partial charge in [0.2, 0.25) is 11.8 Å². The average molecular weight is 834 g/mol. The van der Waals surface area contributed by atoms with Gasteiger partial charge in [0, 0.05) is 111 Å². The molecule has 6 aliphatic rings. The van der Waals surface area contributed by atoms with Gasteiger partial charge in [-0.2, -0.15) is 9.97 Å². The van der Waals surface area contributed by atoms with E-state index in [2.05, 4.69) is 37.3 Å². The molecule has 3 aromatic carbocycles. The number of nitrogens with one attached hydrogen (secondary N) is 2. The number of pyridine rings is 1. The van der Waals surface area contributed by atoms with Gasteiger partial charge in [0.1, 0.15) is 23.1 Å². The van der Waals surface area contributed by atoms with Crippen molar-refractivity contribution in [3.63, 3.8) is 0 Å². The maximum atomic E-state index is 17.0. The molecule has 13 nitrogen and oxygen atoms in total. The number of hydrogen-bond donors (Lipinski definition) is 2. The number of anilines is 1. The molecule has 1 aliphatic carbocycles. The molecule has 316 valence electrons. The van der Waals surface area contributed by atoms with Gasteiger partial charge in [0.25, 0.3) is 5.91 Å². The Bertz CT molecular complexity index is 2690. The number of fused-ring (bicyclic) bond motifs is 5. The van der Waals surface area contributed by atoms with Crippen molar-refractivity contribution in [3.05, 3.63) is 88.9 Å². The second-order valence-corrected chi connectivity index (χ2v) is 18.1. The molecule has 3 atom stereocenters. The average Bonchev–Trinajstić information content (AvgIpc) is 3.86. The fraction of sp³-hybridized carbons (Fsp3) is 0.417. The Kier molecular flexibility index (Phi) is 9.66. The Hall–Kier alpha value is -6.01. The number of aromatic nitrogens is 3. The van der Waals surface area contributed by atoms with Gasteiger partial charge in [-0.15, -0.1) is 6.42 Å². The van der Waals surface area contributed by atoms with Gasteiger partial charge in [-0.3, -0.25) is 29.6 Å². The van der Waals surface area contributed by atoms with E-state index < -0.39 is 17.8 Å². The normalized spacial score (nSPS) is 23.5. The number of carbonyl (C=O) groups is 3. The number of carbonyl (C=O) groups excluding carboxylic acids is 3. The Morgan fingerprint density at radius 2 is 1.69 bits per heavy atom. The van der Waals surface area contributed by atoms with Crippen LogP contribution in [0.1, 0.15) is 65.6 Å². The summed E-state index contributed by atoms with van der Waals surface area (Å²) in [4.78, 5) is 60.7. The minimum Gasteiger partial charge on any atom is -0.463 e. The number of terminal acetylenes is 1. The smallest absolute Gasteiger partial charge is 0.319 e. The van der Waals surface area contributed by atoms with E-state index in [9.17, 15) is 14.4 Å². The van der Waals surface area contributed by atoms with Crippen LogP contribution in [-0.2, 0) is 22.7 Å². The zero-order valence-electron chi connectivity index (χ0n) is 34.5. The van der Waals surface area contributed by atoms with Crippen molar-refractivity contribution in [1.29, 1.82) is 0 Å². The lowest BCUT2D eigenvalue weighted by Gasteiger charge is -2.36. The first kappa shape index (κ1) is 38.9. The van der Waals surface area contributed by atoms with Crippen molar-refractivity contribution in [1.82, 2.24) is 40.3 Å². The van der Waals surface area contributed by atoms with Gasteiger partial charge in [-0.05, 0) is 60.7 Å². The zero-order chi connectivity index (χ0) is 42.1. The van der Waals surface area contributed by atoms with E-state index in [1.807, 2.05) is 48.5 Å². The Morgan fingerprint density at radius 1 is 0.919 bits per heavy atom. The SMILES string of the molecule is C#Cc1cccc2cccc(-c3ncc4c(N5CC6CCC(C5)N6)nc(OCC5(CN6CCN(Cc7ccc8c(c7)CN(C7CCC(=O)NC7=O)C8=O)CC6)CC5)nc4c3F)c12. The summed E-state index contributed by atoms with van der Waals surface area (Å²) in [5.74, 6) is 2.08. The zero-order valence-corrected chi connectivity index (χ0v) is 34.5. The number of piperazine rings is 2. The molecule has 0 spiro atoms. The lowest BCUT2D eigenvalue weighted by atomic mass is 9.97. The molecule has 5 fully saturated rings. The van der Waals surface area contributed by atoms with E-state index >= 15 is 4.39 Å². The first-order valence-electron chi connectivity index (χ1n) is 21.9. The van der Waals surface area contributed by atoms with Crippen LogP contribution in [0.4, 0.5) is 10.2 Å².